The number of fused-ring (bicyclic) bond motifs is 1. The van der Waals surface area contributed by atoms with Crippen molar-refractivity contribution in [1.29, 1.82) is 0 Å². The van der Waals surface area contributed by atoms with Gasteiger partial charge in [0.05, 0.1) is 32.0 Å². The summed E-state index contributed by atoms with van der Waals surface area (Å²) in [6.45, 7) is 6.15. The summed E-state index contributed by atoms with van der Waals surface area (Å²) < 4.78 is 17.2. The van der Waals surface area contributed by atoms with Crippen LogP contribution in [0.3, 0.4) is 0 Å². The molecule has 0 bridgehead atoms. The van der Waals surface area contributed by atoms with Crippen molar-refractivity contribution in [2.45, 2.75) is 39.0 Å². The van der Waals surface area contributed by atoms with E-state index in [2.05, 4.69) is 20.6 Å². The van der Waals surface area contributed by atoms with Gasteiger partial charge < -0.3 is 30.6 Å². The molecule has 46 heavy (non-hydrogen) atoms. The van der Waals surface area contributed by atoms with Crippen molar-refractivity contribution in [1.82, 2.24) is 9.97 Å². The highest BCUT2D eigenvalue weighted by molar-refractivity contribution is 6.08. The van der Waals surface area contributed by atoms with Crippen molar-refractivity contribution in [2.75, 3.05) is 24.9 Å². The number of anilines is 2. The number of benzene rings is 3. The van der Waals surface area contributed by atoms with Crippen LogP contribution in [0.5, 0.6) is 23.1 Å². The average molecular weight is 620 g/mol. The zero-order valence-corrected chi connectivity index (χ0v) is 26.5. The molecule has 0 aliphatic rings. The fraction of sp³-hybridized carbons (Fsp3) is 0.222. The molecule has 0 aliphatic heterocycles. The minimum atomic E-state index is -0.494. The first-order valence-electron chi connectivity index (χ1n) is 14.7. The van der Waals surface area contributed by atoms with Gasteiger partial charge in [-0.25, -0.2) is 9.78 Å². The van der Waals surface area contributed by atoms with Crippen molar-refractivity contribution in [3.8, 4) is 23.1 Å². The molecule has 0 spiro atoms. The minimum Gasteiger partial charge on any atom is -0.494 e. The number of nitrogens with zero attached hydrogens (tertiary/aromatic N) is 2. The van der Waals surface area contributed by atoms with Crippen LogP contribution in [0, 0.1) is 0 Å². The lowest BCUT2D eigenvalue weighted by Crippen LogP contribution is -2.22. The number of amides is 3. The van der Waals surface area contributed by atoms with E-state index in [1.165, 1.54) is 7.11 Å². The van der Waals surface area contributed by atoms with Gasteiger partial charge in [0.15, 0.2) is 0 Å². The summed E-state index contributed by atoms with van der Waals surface area (Å²) >= 11 is 0. The van der Waals surface area contributed by atoms with E-state index in [1.54, 1.807) is 31.6 Å². The van der Waals surface area contributed by atoms with E-state index < -0.39 is 11.9 Å². The number of nitrogens with two attached hydrogens (primary N) is 1. The fourth-order valence-electron chi connectivity index (χ4n) is 5.14. The van der Waals surface area contributed by atoms with E-state index in [0.717, 1.165) is 27.6 Å². The molecule has 3 aromatic carbocycles. The number of carbonyl (C=O) groups excluding carboxylic acids is 2. The van der Waals surface area contributed by atoms with Crippen molar-refractivity contribution in [3.63, 3.8) is 0 Å². The Morgan fingerprint density at radius 3 is 2.28 bits per heavy atom. The Kier molecular flexibility index (Phi) is 9.37. The average Bonchev–Trinajstić information content (AvgIpc) is 3.01. The third-order valence-electron chi connectivity index (χ3n) is 7.39. The molecule has 0 saturated heterocycles. The largest absolute Gasteiger partial charge is 0.494 e. The van der Waals surface area contributed by atoms with Crippen LogP contribution in [-0.4, -0.2) is 36.1 Å². The summed E-state index contributed by atoms with van der Waals surface area (Å²) in [5.41, 5.74) is 9.65. The molecule has 0 aliphatic carbocycles. The maximum atomic E-state index is 13.4. The second kappa shape index (κ2) is 13.6. The van der Waals surface area contributed by atoms with Crippen LogP contribution in [0.2, 0.25) is 0 Å². The van der Waals surface area contributed by atoms with Crippen LogP contribution < -0.4 is 30.6 Å². The highest BCUT2D eigenvalue weighted by atomic mass is 16.5. The fourth-order valence-corrected chi connectivity index (χ4v) is 5.14. The molecule has 3 amide bonds. The molecule has 2 heterocycles. The van der Waals surface area contributed by atoms with Crippen LogP contribution in [0.25, 0.3) is 10.8 Å². The quantitative estimate of drug-likeness (QED) is 0.153. The van der Waals surface area contributed by atoms with E-state index in [9.17, 15) is 9.59 Å². The molecular formula is C36H37N5O5. The molecule has 0 radical (unpaired) electrons. The topological polar surface area (TPSA) is 138 Å². The molecular weight excluding hydrogens is 582 g/mol. The molecule has 5 aromatic rings. The molecule has 5 rings (SSSR count). The SMILES string of the molecule is COc1cc(Cc2cc(Oc3ccc(NC(=O)Nc4cc(C(C)(C)C)cc(CC(N)=O)c4OC)c4ccccc34)ccn2)ccn1. The van der Waals surface area contributed by atoms with Crippen molar-refractivity contribution in [3.05, 3.63) is 108 Å². The predicted octanol–water partition coefficient (Wildman–Crippen LogP) is 7.00. The normalized spacial score (nSPS) is 11.2. The molecule has 10 heteroatoms. The van der Waals surface area contributed by atoms with E-state index in [0.29, 0.717) is 46.5 Å². The molecule has 0 unspecified atom stereocenters. The van der Waals surface area contributed by atoms with Crippen LogP contribution in [0.15, 0.2) is 85.2 Å². The Hall–Kier alpha value is -5.64. The number of nitrogens with one attached hydrogen (secondary N) is 2. The second-order valence-electron chi connectivity index (χ2n) is 11.8. The van der Waals surface area contributed by atoms with Gasteiger partial charge in [-0.15, -0.1) is 0 Å². The first-order valence-corrected chi connectivity index (χ1v) is 14.7. The highest BCUT2D eigenvalue weighted by Gasteiger charge is 2.22. The molecule has 0 saturated carbocycles. The van der Waals surface area contributed by atoms with Gasteiger partial charge in [0.2, 0.25) is 11.8 Å². The smallest absolute Gasteiger partial charge is 0.323 e. The lowest BCUT2D eigenvalue weighted by Gasteiger charge is -2.23. The van der Waals surface area contributed by atoms with Crippen molar-refractivity contribution in [2.24, 2.45) is 5.73 Å². The van der Waals surface area contributed by atoms with Gasteiger partial charge in [-0.1, -0.05) is 51.1 Å². The second-order valence-corrected chi connectivity index (χ2v) is 11.8. The third kappa shape index (κ3) is 7.52. The number of carbonyl (C=O) groups is 2. The maximum Gasteiger partial charge on any atom is 0.323 e. The van der Waals surface area contributed by atoms with Crippen molar-refractivity contribution >= 4 is 34.1 Å². The van der Waals surface area contributed by atoms with Gasteiger partial charge in [-0.2, -0.15) is 0 Å². The first-order chi connectivity index (χ1) is 22.0. The van der Waals surface area contributed by atoms with Gasteiger partial charge in [-0.3, -0.25) is 9.78 Å². The van der Waals surface area contributed by atoms with E-state index in [1.807, 2.05) is 81.4 Å². The van der Waals surface area contributed by atoms with Gasteiger partial charge in [0.1, 0.15) is 17.2 Å². The Labute approximate surface area is 267 Å². The van der Waals surface area contributed by atoms with Gasteiger partial charge >= 0.3 is 6.03 Å². The van der Waals surface area contributed by atoms with E-state index >= 15 is 0 Å². The molecule has 10 nitrogen and oxygen atoms in total. The standard InChI is InChI=1S/C36H37N5O5/c1-36(2,3)24-18-23(19-32(37)42)34(45-5)30(20-24)41-35(43)40-29-10-11-31(28-9-7-6-8-27(28)29)46-26-13-15-38-25(21-26)16-22-12-14-39-33(17-22)44-4/h6-15,17-18,20-21H,16,19H2,1-5H3,(H2,37,42)(H2,40,41,43). The number of rotatable bonds is 10. The number of pyridine rings is 2. The van der Waals surface area contributed by atoms with Crippen LogP contribution >= 0.6 is 0 Å². The Bertz CT molecular complexity index is 1900. The third-order valence-corrected chi connectivity index (χ3v) is 7.39. The molecule has 236 valence electrons. The number of ether oxygens (including phenoxy) is 3. The zero-order valence-electron chi connectivity index (χ0n) is 26.5. The monoisotopic (exact) mass is 619 g/mol. The first kappa shape index (κ1) is 31.8. The zero-order chi connectivity index (χ0) is 32.8. The highest BCUT2D eigenvalue weighted by Crippen LogP contribution is 2.37. The van der Waals surface area contributed by atoms with E-state index in [-0.39, 0.29) is 11.8 Å². The number of urea groups is 1. The van der Waals surface area contributed by atoms with Gasteiger partial charge in [0.25, 0.3) is 0 Å². The Morgan fingerprint density at radius 1 is 0.826 bits per heavy atom. The number of hydrogen-bond acceptors (Lipinski definition) is 7. The number of aromatic nitrogens is 2. The van der Waals surface area contributed by atoms with Gasteiger partial charge in [-0.05, 0) is 46.9 Å². The van der Waals surface area contributed by atoms with Crippen LogP contribution in [0.4, 0.5) is 16.2 Å². The Balaban J connectivity index is 1.38. The summed E-state index contributed by atoms with van der Waals surface area (Å²) in [6.07, 6.45) is 3.98. The maximum absolute atomic E-state index is 13.4. The van der Waals surface area contributed by atoms with E-state index in [4.69, 9.17) is 19.9 Å². The minimum absolute atomic E-state index is 0.0209. The number of hydrogen-bond donors (Lipinski definition) is 3. The number of methoxy groups -OCH3 is 2. The lowest BCUT2D eigenvalue weighted by atomic mass is 9.85. The predicted molar refractivity (Wildman–Crippen MR) is 179 cm³/mol. The number of primary amides is 1. The van der Waals surface area contributed by atoms with Crippen molar-refractivity contribution < 1.29 is 23.8 Å². The van der Waals surface area contributed by atoms with Gasteiger partial charge in [0, 0.05) is 53.0 Å². The summed E-state index contributed by atoms with van der Waals surface area (Å²) in [4.78, 5) is 33.8. The van der Waals surface area contributed by atoms with Crippen LogP contribution in [0.1, 0.15) is 43.2 Å². The summed E-state index contributed by atoms with van der Waals surface area (Å²) in [5.74, 6) is 1.69. The molecule has 0 fully saturated rings. The molecule has 4 N–H and O–H groups in total. The van der Waals surface area contributed by atoms with Crippen LogP contribution in [-0.2, 0) is 23.1 Å². The summed E-state index contributed by atoms with van der Waals surface area (Å²) in [7, 11) is 3.08. The molecule has 0 atom stereocenters. The summed E-state index contributed by atoms with van der Waals surface area (Å²) in [5, 5.41) is 7.48. The lowest BCUT2D eigenvalue weighted by molar-refractivity contribution is -0.117. The molecule has 2 aromatic heterocycles. The summed E-state index contributed by atoms with van der Waals surface area (Å²) in [6, 6.07) is 22.0. The Morgan fingerprint density at radius 2 is 1.57 bits per heavy atom.